The summed E-state index contributed by atoms with van der Waals surface area (Å²) in [6.45, 7) is 2.24. The van der Waals surface area contributed by atoms with Gasteiger partial charge in [0.1, 0.15) is 18.8 Å². The molecule has 1 aromatic carbocycles. The zero-order chi connectivity index (χ0) is 13.4. The van der Waals surface area contributed by atoms with Crippen LogP contribution in [0.1, 0.15) is 17.3 Å². The highest BCUT2D eigenvalue weighted by molar-refractivity contribution is 5.94. The third-order valence-electron chi connectivity index (χ3n) is 2.22. The van der Waals surface area contributed by atoms with Gasteiger partial charge in [-0.1, -0.05) is 0 Å². The van der Waals surface area contributed by atoms with E-state index in [4.69, 9.17) is 15.3 Å². The number of ether oxygens (including phenoxy) is 1. The van der Waals surface area contributed by atoms with E-state index in [1.54, 1.807) is 24.3 Å². The van der Waals surface area contributed by atoms with Gasteiger partial charge in [-0.15, -0.1) is 0 Å². The molecule has 0 heterocycles. The number of benzene rings is 1. The van der Waals surface area contributed by atoms with Crippen molar-refractivity contribution in [2.75, 3.05) is 19.7 Å². The van der Waals surface area contributed by atoms with E-state index in [2.05, 4.69) is 0 Å². The Morgan fingerprint density at radius 1 is 1.22 bits per heavy atom. The zero-order valence-electron chi connectivity index (χ0n) is 10.1. The van der Waals surface area contributed by atoms with Crippen LogP contribution in [-0.2, 0) is 0 Å². The summed E-state index contributed by atoms with van der Waals surface area (Å²) in [5.74, 6) is 0.349. The van der Waals surface area contributed by atoms with Crippen molar-refractivity contribution in [2.45, 2.75) is 6.92 Å². The average Bonchev–Trinajstić information content (AvgIpc) is 2.39. The van der Waals surface area contributed by atoms with E-state index in [0.717, 1.165) is 0 Å². The lowest BCUT2D eigenvalue weighted by molar-refractivity contribution is 0.0794. The van der Waals surface area contributed by atoms with Gasteiger partial charge in [0.2, 0.25) is 0 Å². The van der Waals surface area contributed by atoms with E-state index < -0.39 is 0 Å². The van der Waals surface area contributed by atoms with Gasteiger partial charge in [0.15, 0.2) is 0 Å². The Kier molecular flexibility index (Phi) is 5.21. The van der Waals surface area contributed by atoms with Crippen LogP contribution in [0.4, 0.5) is 0 Å². The monoisotopic (exact) mass is 243 g/mol. The summed E-state index contributed by atoms with van der Waals surface area (Å²) in [6, 6.07) is 10.3. The molecule has 0 fully saturated rings. The normalized spacial score (nSPS) is 9.06. The average molecular weight is 243 g/mol. The molecule has 5 nitrogen and oxygen atoms in total. The number of hydrogen-bond donors (Lipinski definition) is 0. The lowest BCUT2D eigenvalue weighted by Crippen LogP contribution is -2.31. The van der Waals surface area contributed by atoms with Gasteiger partial charge in [-0.25, -0.2) is 0 Å². The first-order valence-electron chi connectivity index (χ1n) is 5.49. The van der Waals surface area contributed by atoms with Gasteiger partial charge in [0.05, 0.1) is 18.7 Å². The number of amides is 1. The van der Waals surface area contributed by atoms with Gasteiger partial charge in [0.25, 0.3) is 5.91 Å². The first kappa shape index (κ1) is 13.5. The molecular weight excluding hydrogens is 230 g/mol. The maximum atomic E-state index is 12.0. The van der Waals surface area contributed by atoms with Crippen molar-refractivity contribution in [1.82, 2.24) is 4.90 Å². The number of hydrogen-bond acceptors (Lipinski definition) is 4. The SMILES string of the molecule is CCOc1ccc(C(=O)N(CC#N)CC#N)cc1. The van der Waals surface area contributed by atoms with Gasteiger partial charge >= 0.3 is 0 Å². The Labute approximate surface area is 106 Å². The zero-order valence-corrected chi connectivity index (χ0v) is 10.1. The van der Waals surface area contributed by atoms with Crippen molar-refractivity contribution in [3.63, 3.8) is 0 Å². The summed E-state index contributed by atoms with van der Waals surface area (Å²) in [6.07, 6.45) is 0. The lowest BCUT2D eigenvalue weighted by atomic mass is 10.2. The summed E-state index contributed by atoms with van der Waals surface area (Å²) in [5, 5.41) is 17.2. The minimum Gasteiger partial charge on any atom is -0.494 e. The molecule has 0 aliphatic rings. The molecule has 0 saturated carbocycles. The van der Waals surface area contributed by atoms with E-state index in [-0.39, 0.29) is 19.0 Å². The smallest absolute Gasteiger partial charge is 0.255 e. The summed E-state index contributed by atoms with van der Waals surface area (Å²) in [5.41, 5.74) is 0.434. The largest absolute Gasteiger partial charge is 0.494 e. The fourth-order valence-corrected chi connectivity index (χ4v) is 1.41. The molecule has 0 aromatic heterocycles. The molecule has 0 aliphatic heterocycles. The van der Waals surface area contributed by atoms with Gasteiger partial charge in [-0.3, -0.25) is 4.79 Å². The number of nitrogens with zero attached hydrogens (tertiary/aromatic N) is 3. The van der Waals surface area contributed by atoms with Crippen molar-refractivity contribution < 1.29 is 9.53 Å². The van der Waals surface area contributed by atoms with Crippen molar-refractivity contribution in [3.05, 3.63) is 29.8 Å². The molecule has 1 aromatic rings. The maximum absolute atomic E-state index is 12.0. The van der Waals surface area contributed by atoms with E-state index >= 15 is 0 Å². The highest BCUT2D eigenvalue weighted by Gasteiger charge is 2.14. The van der Waals surface area contributed by atoms with Crippen LogP contribution < -0.4 is 4.74 Å². The molecule has 0 saturated heterocycles. The number of carbonyl (C=O) groups is 1. The molecule has 1 amide bonds. The Balaban J connectivity index is 2.82. The molecule has 0 N–H and O–H groups in total. The van der Waals surface area contributed by atoms with E-state index in [0.29, 0.717) is 17.9 Å². The quantitative estimate of drug-likeness (QED) is 0.735. The molecule has 0 spiro atoms. The number of carbonyl (C=O) groups excluding carboxylic acids is 1. The summed E-state index contributed by atoms with van der Waals surface area (Å²) in [4.78, 5) is 13.2. The van der Waals surface area contributed by atoms with Gasteiger partial charge < -0.3 is 9.64 Å². The maximum Gasteiger partial charge on any atom is 0.255 e. The predicted molar refractivity (Wildman–Crippen MR) is 64.7 cm³/mol. The van der Waals surface area contributed by atoms with Crippen LogP contribution in [0.15, 0.2) is 24.3 Å². The van der Waals surface area contributed by atoms with Crippen LogP contribution in [0.3, 0.4) is 0 Å². The van der Waals surface area contributed by atoms with Crippen LogP contribution in [-0.4, -0.2) is 30.5 Å². The second-order valence-corrected chi connectivity index (χ2v) is 3.43. The Morgan fingerprint density at radius 3 is 2.22 bits per heavy atom. The number of rotatable bonds is 5. The standard InChI is InChI=1S/C13H13N3O2/c1-2-18-12-5-3-11(4-6-12)13(17)16(9-7-14)10-8-15/h3-6H,2,9-10H2,1H3. The molecule has 5 heteroatoms. The molecular formula is C13H13N3O2. The Bertz CT molecular complexity index is 466. The van der Waals surface area contributed by atoms with Crippen molar-refractivity contribution >= 4 is 5.91 Å². The molecule has 0 atom stereocenters. The Morgan fingerprint density at radius 2 is 1.78 bits per heavy atom. The van der Waals surface area contributed by atoms with Crippen molar-refractivity contribution in [1.29, 1.82) is 10.5 Å². The molecule has 18 heavy (non-hydrogen) atoms. The fourth-order valence-electron chi connectivity index (χ4n) is 1.41. The van der Waals surface area contributed by atoms with Gasteiger partial charge in [-0.2, -0.15) is 10.5 Å². The second-order valence-electron chi connectivity index (χ2n) is 3.43. The molecule has 92 valence electrons. The summed E-state index contributed by atoms with van der Waals surface area (Å²) < 4.78 is 5.27. The Hall–Kier alpha value is -2.53. The topological polar surface area (TPSA) is 77.1 Å². The van der Waals surface area contributed by atoms with Crippen molar-refractivity contribution in [3.8, 4) is 17.9 Å². The van der Waals surface area contributed by atoms with Crippen LogP contribution in [0.2, 0.25) is 0 Å². The van der Waals surface area contributed by atoms with Crippen LogP contribution in [0, 0.1) is 22.7 Å². The molecule has 0 bridgehead atoms. The molecule has 1 rings (SSSR count). The van der Waals surface area contributed by atoms with E-state index in [1.165, 1.54) is 4.90 Å². The van der Waals surface area contributed by atoms with E-state index in [1.807, 2.05) is 19.1 Å². The first-order chi connectivity index (χ1) is 8.72. The van der Waals surface area contributed by atoms with Gasteiger partial charge in [-0.05, 0) is 31.2 Å². The summed E-state index contributed by atoms with van der Waals surface area (Å²) in [7, 11) is 0. The highest BCUT2D eigenvalue weighted by atomic mass is 16.5. The van der Waals surface area contributed by atoms with Crippen LogP contribution >= 0.6 is 0 Å². The minimum absolute atomic E-state index is 0.0976. The summed E-state index contributed by atoms with van der Waals surface area (Å²) >= 11 is 0. The molecule has 0 aliphatic carbocycles. The first-order valence-corrected chi connectivity index (χ1v) is 5.49. The third-order valence-corrected chi connectivity index (χ3v) is 2.22. The van der Waals surface area contributed by atoms with E-state index in [9.17, 15) is 4.79 Å². The predicted octanol–water partition coefficient (Wildman–Crippen LogP) is 1.57. The fraction of sp³-hybridized carbons (Fsp3) is 0.308. The minimum atomic E-state index is -0.332. The highest BCUT2D eigenvalue weighted by Crippen LogP contribution is 2.13. The third kappa shape index (κ3) is 3.50. The molecule has 0 unspecified atom stereocenters. The number of nitriles is 2. The van der Waals surface area contributed by atoms with Crippen LogP contribution in [0.5, 0.6) is 5.75 Å². The molecule has 0 radical (unpaired) electrons. The van der Waals surface area contributed by atoms with Crippen LogP contribution in [0.25, 0.3) is 0 Å². The lowest BCUT2D eigenvalue weighted by Gasteiger charge is -2.15. The van der Waals surface area contributed by atoms with Gasteiger partial charge in [0, 0.05) is 5.56 Å². The second kappa shape index (κ2) is 6.93. The van der Waals surface area contributed by atoms with Crippen molar-refractivity contribution in [2.24, 2.45) is 0 Å².